The summed E-state index contributed by atoms with van der Waals surface area (Å²) in [4.78, 5) is 3.80. The maximum Gasteiger partial charge on any atom is 0.214 e. The van der Waals surface area contributed by atoms with E-state index in [2.05, 4.69) is 14.7 Å². The monoisotopic (exact) mass is 194 g/mol. The first-order valence-electron chi connectivity index (χ1n) is 3.91. The van der Waals surface area contributed by atoms with E-state index < -0.39 is 5.82 Å². The second-order valence-electron chi connectivity index (χ2n) is 2.63. The average molecular weight is 194 g/mol. The minimum atomic E-state index is -0.399. The van der Waals surface area contributed by atoms with E-state index in [0.717, 1.165) is 0 Å². The Hall–Kier alpha value is -1.91. The van der Waals surface area contributed by atoms with Crippen molar-refractivity contribution >= 4 is 0 Å². The lowest BCUT2D eigenvalue weighted by Crippen LogP contribution is -1.87. The summed E-state index contributed by atoms with van der Waals surface area (Å²) in [6.45, 7) is 0. The van der Waals surface area contributed by atoms with Crippen LogP contribution < -0.4 is 4.74 Å². The summed E-state index contributed by atoms with van der Waals surface area (Å²) < 4.78 is 22.5. The second kappa shape index (κ2) is 3.45. The highest BCUT2D eigenvalue weighted by molar-refractivity contribution is 5.56. The highest BCUT2D eigenvalue weighted by Gasteiger charge is 2.06. The molecule has 2 aromatic rings. The number of ether oxygens (including phenoxy) is 1. The Morgan fingerprint density at radius 1 is 1.36 bits per heavy atom. The molecule has 1 heterocycles. The molecule has 0 spiro atoms. The van der Waals surface area contributed by atoms with E-state index in [1.807, 2.05) is 0 Å². The van der Waals surface area contributed by atoms with Gasteiger partial charge in [-0.2, -0.15) is 4.98 Å². The SMILES string of the molecule is COc1cc(F)cc(-c2ncon2)c1. The number of hydrogen-bond acceptors (Lipinski definition) is 4. The summed E-state index contributed by atoms with van der Waals surface area (Å²) in [7, 11) is 1.47. The third-order valence-electron chi connectivity index (χ3n) is 1.73. The van der Waals surface area contributed by atoms with Crippen LogP contribution in [0.5, 0.6) is 5.75 Å². The van der Waals surface area contributed by atoms with E-state index in [1.165, 1.54) is 25.6 Å². The fourth-order valence-electron chi connectivity index (χ4n) is 1.11. The van der Waals surface area contributed by atoms with Gasteiger partial charge in [-0.25, -0.2) is 4.39 Å². The van der Waals surface area contributed by atoms with Crippen molar-refractivity contribution in [2.75, 3.05) is 7.11 Å². The van der Waals surface area contributed by atoms with Crippen LogP contribution in [0.1, 0.15) is 0 Å². The summed E-state index contributed by atoms with van der Waals surface area (Å²) in [6.07, 6.45) is 1.19. The van der Waals surface area contributed by atoms with Crippen LogP contribution in [0.4, 0.5) is 4.39 Å². The zero-order chi connectivity index (χ0) is 9.97. The van der Waals surface area contributed by atoms with Gasteiger partial charge in [0.1, 0.15) is 11.6 Å². The predicted molar refractivity (Wildman–Crippen MR) is 46.2 cm³/mol. The minimum Gasteiger partial charge on any atom is -0.497 e. The molecule has 72 valence electrons. The molecule has 0 bridgehead atoms. The molecular weight excluding hydrogens is 187 g/mol. The number of aromatic nitrogens is 2. The molecule has 5 heteroatoms. The van der Waals surface area contributed by atoms with Crippen LogP contribution in [0.3, 0.4) is 0 Å². The van der Waals surface area contributed by atoms with Crippen molar-refractivity contribution in [2.24, 2.45) is 0 Å². The normalized spacial score (nSPS) is 10.1. The number of halogens is 1. The summed E-state index contributed by atoms with van der Waals surface area (Å²) in [5.41, 5.74) is 0.524. The highest BCUT2D eigenvalue weighted by atomic mass is 19.1. The Balaban J connectivity index is 2.48. The Labute approximate surface area is 79.3 Å². The van der Waals surface area contributed by atoms with Gasteiger partial charge in [-0.3, -0.25) is 0 Å². The van der Waals surface area contributed by atoms with E-state index in [4.69, 9.17) is 4.74 Å². The van der Waals surface area contributed by atoms with Crippen molar-refractivity contribution in [1.82, 2.24) is 10.1 Å². The molecule has 4 nitrogen and oxygen atoms in total. The fourth-order valence-corrected chi connectivity index (χ4v) is 1.11. The van der Waals surface area contributed by atoms with Gasteiger partial charge in [0.25, 0.3) is 0 Å². The molecule has 0 saturated carbocycles. The van der Waals surface area contributed by atoms with Crippen molar-refractivity contribution < 1.29 is 13.7 Å². The fraction of sp³-hybridized carbons (Fsp3) is 0.111. The van der Waals surface area contributed by atoms with Gasteiger partial charge < -0.3 is 9.26 Å². The van der Waals surface area contributed by atoms with Gasteiger partial charge in [-0.05, 0) is 12.1 Å². The van der Waals surface area contributed by atoms with Crippen molar-refractivity contribution in [3.63, 3.8) is 0 Å². The van der Waals surface area contributed by atoms with Crippen LogP contribution in [0, 0.1) is 5.82 Å². The quantitative estimate of drug-likeness (QED) is 0.732. The van der Waals surface area contributed by atoms with E-state index in [1.54, 1.807) is 6.07 Å². The van der Waals surface area contributed by atoms with Crippen molar-refractivity contribution in [2.45, 2.75) is 0 Å². The van der Waals surface area contributed by atoms with E-state index in [-0.39, 0.29) is 0 Å². The lowest BCUT2D eigenvalue weighted by atomic mass is 10.2. The third kappa shape index (κ3) is 1.56. The first kappa shape index (κ1) is 8.68. The van der Waals surface area contributed by atoms with Gasteiger partial charge in [0.05, 0.1) is 7.11 Å². The molecule has 0 saturated heterocycles. The number of methoxy groups -OCH3 is 1. The van der Waals surface area contributed by atoms with Crippen LogP contribution in [-0.4, -0.2) is 17.3 Å². The topological polar surface area (TPSA) is 48.2 Å². The summed E-state index contributed by atoms with van der Waals surface area (Å²) >= 11 is 0. The second-order valence-corrected chi connectivity index (χ2v) is 2.63. The smallest absolute Gasteiger partial charge is 0.214 e. The molecule has 0 aliphatic rings. The van der Waals surface area contributed by atoms with Crippen molar-refractivity contribution in [3.8, 4) is 17.1 Å². The van der Waals surface area contributed by atoms with Gasteiger partial charge in [-0.15, -0.1) is 0 Å². The predicted octanol–water partition coefficient (Wildman–Crippen LogP) is 1.88. The highest BCUT2D eigenvalue weighted by Crippen LogP contribution is 2.22. The number of nitrogens with zero attached hydrogens (tertiary/aromatic N) is 2. The van der Waals surface area contributed by atoms with Gasteiger partial charge >= 0.3 is 0 Å². The van der Waals surface area contributed by atoms with Crippen LogP contribution >= 0.6 is 0 Å². The first-order valence-corrected chi connectivity index (χ1v) is 3.91. The Morgan fingerprint density at radius 2 is 2.21 bits per heavy atom. The zero-order valence-electron chi connectivity index (χ0n) is 7.40. The largest absolute Gasteiger partial charge is 0.497 e. The average Bonchev–Trinajstić information content (AvgIpc) is 2.69. The molecule has 1 aromatic carbocycles. The Kier molecular flexibility index (Phi) is 2.14. The van der Waals surface area contributed by atoms with Crippen molar-refractivity contribution in [3.05, 3.63) is 30.4 Å². The van der Waals surface area contributed by atoms with Gasteiger partial charge in [0.15, 0.2) is 0 Å². The zero-order valence-corrected chi connectivity index (χ0v) is 7.40. The summed E-state index contributed by atoms with van der Waals surface area (Å²) in [5.74, 6) is 0.358. The molecule has 0 unspecified atom stereocenters. The third-order valence-corrected chi connectivity index (χ3v) is 1.73. The van der Waals surface area contributed by atoms with Crippen molar-refractivity contribution in [1.29, 1.82) is 0 Å². The Bertz CT molecular complexity index is 428. The molecule has 2 rings (SSSR count). The molecule has 0 N–H and O–H groups in total. The minimum absolute atomic E-state index is 0.336. The number of benzene rings is 1. The maximum absolute atomic E-state index is 13.0. The van der Waals surface area contributed by atoms with Crippen LogP contribution in [0.15, 0.2) is 29.1 Å². The van der Waals surface area contributed by atoms with E-state index >= 15 is 0 Å². The van der Waals surface area contributed by atoms with Crippen LogP contribution in [-0.2, 0) is 0 Å². The van der Waals surface area contributed by atoms with Crippen LogP contribution in [0.2, 0.25) is 0 Å². The summed E-state index contributed by atoms with van der Waals surface area (Å²) in [5, 5.41) is 3.59. The molecule has 0 radical (unpaired) electrons. The number of rotatable bonds is 2. The molecule has 0 aliphatic carbocycles. The maximum atomic E-state index is 13.0. The summed E-state index contributed by atoms with van der Waals surface area (Å²) in [6, 6.07) is 4.23. The molecule has 0 aliphatic heterocycles. The first-order chi connectivity index (χ1) is 6.79. The molecule has 14 heavy (non-hydrogen) atoms. The molecule has 0 fully saturated rings. The van der Waals surface area contributed by atoms with Crippen LogP contribution in [0.25, 0.3) is 11.4 Å². The Morgan fingerprint density at radius 3 is 2.86 bits per heavy atom. The lowest BCUT2D eigenvalue weighted by Gasteiger charge is -2.01. The molecule has 0 atom stereocenters. The number of hydrogen-bond donors (Lipinski definition) is 0. The van der Waals surface area contributed by atoms with Gasteiger partial charge in [-0.1, -0.05) is 5.16 Å². The lowest BCUT2D eigenvalue weighted by molar-refractivity contribution is 0.411. The molecular formula is C9H7FN2O2. The van der Waals surface area contributed by atoms with Gasteiger partial charge in [0.2, 0.25) is 12.2 Å². The van der Waals surface area contributed by atoms with E-state index in [9.17, 15) is 4.39 Å². The molecule has 1 aromatic heterocycles. The standard InChI is InChI=1S/C9H7FN2O2/c1-13-8-3-6(2-7(10)4-8)9-11-5-14-12-9/h2-5H,1H3. The molecule has 0 amide bonds. The van der Waals surface area contributed by atoms with E-state index in [0.29, 0.717) is 17.1 Å². The van der Waals surface area contributed by atoms with Gasteiger partial charge in [0, 0.05) is 11.6 Å².